The highest BCUT2D eigenvalue weighted by Gasteiger charge is 2.34. The summed E-state index contributed by atoms with van der Waals surface area (Å²) in [6, 6.07) is 2.98. The SMILES string of the molecule is CC1=C[C@H]2c3c(O)cc(O)cc3OC[C@@H]2CC1. The van der Waals surface area contributed by atoms with Crippen LogP contribution in [0.3, 0.4) is 0 Å². The highest BCUT2D eigenvalue weighted by Crippen LogP contribution is 2.48. The van der Waals surface area contributed by atoms with Gasteiger partial charge in [-0.3, -0.25) is 0 Å². The van der Waals surface area contributed by atoms with Crippen LogP contribution in [0.2, 0.25) is 0 Å². The Bertz CT molecular complexity index is 490. The smallest absolute Gasteiger partial charge is 0.130 e. The van der Waals surface area contributed by atoms with Gasteiger partial charge in [0, 0.05) is 29.5 Å². The van der Waals surface area contributed by atoms with Crippen molar-refractivity contribution in [2.24, 2.45) is 5.92 Å². The minimum Gasteiger partial charge on any atom is -0.508 e. The number of allylic oxidation sites excluding steroid dienone is 2. The molecule has 1 aromatic rings. The number of phenolic OH excluding ortho intramolecular Hbond substituents is 2. The van der Waals surface area contributed by atoms with Crippen molar-refractivity contribution in [1.29, 1.82) is 0 Å². The number of benzene rings is 1. The minimum absolute atomic E-state index is 0.0520. The Labute approximate surface area is 100 Å². The summed E-state index contributed by atoms with van der Waals surface area (Å²) in [6.07, 6.45) is 4.44. The molecule has 17 heavy (non-hydrogen) atoms. The van der Waals surface area contributed by atoms with E-state index in [-0.39, 0.29) is 17.4 Å². The predicted molar refractivity (Wildman–Crippen MR) is 64.5 cm³/mol. The van der Waals surface area contributed by atoms with Gasteiger partial charge >= 0.3 is 0 Å². The summed E-state index contributed by atoms with van der Waals surface area (Å²) in [7, 11) is 0. The topological polar surface area (TPSA) is 49.7 Å². The Morgan fingerprint density at radius 1 is 1.29 bits per heavy atom. The number of rotatable bonds is 0. The second-order valence-corrected chi connectivity index (χ2v) is 5.03. The Kier molecular flexibility index (Phi) is 2.28. The number of hydrogen-bond donors (Lipinski definition) is 2. The van der Waals surface area contributed by atoms with Crippen LogP contribution >= 0.6 is 0 Å². The third kappa shape index (κ3) is 1.66. The number of aromatic hydroxyl groups is 2. The van der Waals surface area contributed by atoms with Crippen LogP contribution < -0.4 is 4.74 Å². The summed E-state index contributed by atoms with van der Waals surface area (Å²) in [5, 5.41) is 19.5. The quantitative estimate of drug-likeness (QED) is 0.676. The highest BCUT2D eigenvalue weighted by atomic mass is 16.5. The van der Waals surface area contributed by atoms with E-state index in [1.165, 1.54) is 11.6 Å². The molecule has 0 aromatic heterocycles. The molecule has 1 aromatic carbocycles. The van der Waals surface area contributed by atoms with Crippen molar-refractivity contribution in [3.63, 3.8) is 0 Å². The second-order valence-electron chi connectivity index (χ2n) is 5.03. The maximum Gasteiger partial charge on any atom is 0.130 e. The molecule has 3 heteroatoms. The van der Waals surface area contributed by atoms with E-state index in [1.807, 2.05) is 0 Å². The zero-order valence-electron chi connectivity index (χ0n) is 9.81. The second kappa shape index (κ2) is 3.69. The molecule has 3 nitrogen and oxygen atoms in total. The van der Waals surface area contributed by atoms with Crippen LogP contribution in [0, 0.1) is 5.92 Å². The molecule has 0 bridgehead atoms. The largest absolute Gasteiger partial charge is 0.508 e. The van der Waals surface area contributed by atoms with Crippen LogP contribution in [0.5, 0.6) is 17.2 Å². The predicted octanol–water partition coefficient (Wildman–Crippen LogP) is 2.93. The van der Waals surface area contributed by atoms with Gasteiger partial charge in [-0.2, -0.15) is 0 Å². The Hall–Kier alpha value is -1.64. The third-order valence-corrected chi connectivity index (χ3v) is 3.77. The van der Waals surface area contributed by atoms with Gasteiger partial charge in [0.15, 0.2) is 0 Å². The minimum atomic E-state index is 0.0520. The molecule has 0 unspecified atom stereocenters. The molecule has 0 spiro atoms. The number of ether oxygens (including phenoxy) is 1. The lowest BCUT2D eigenvalue weighted by molar-refractivity contribution is 0.190. The molecular formula is C14H16O3. The molecule has 0 saturated carbocycles. The molecule has 2 aliphatic rings. The van der Waals surface area contributed by atoms with Crippen LogP contribution in [0.1, 0.15) is 31.2 Å². The molecule has 3 rings (SSSR count). The van der Waals surface area contributed by atoms with Gasteiger partial charge in [-0.05, 0) is 19.8 Å². The zero-order chi connectivity index (χ0) is 12.0. The molecule has 0 fully saturated rings. The van der Waals surface area contributed by atoms with Gasteiger partial charge in [0.25, 0.3) is 0 Å². The fourth-order valence-corrected chi connectivity index (χ4v) is 2.87. The number of hydrogen-bond acceptors (Lipinski definition) is 3. The van der Waals surface area contributed by atoms with Gasteiger partial charge in [-0.25, -0.2) is 0 Å². The van der Waals surface area contributed by atoms with Gasteiger partial charge in [-0.15, -0.1) is 0 Å². The van der Waals surface area contributed by atoms with E-state index in [0.717, 1.165) is 18.4 Å². The van der Waals surface area contributed by atoms with Gasteiger partial charge < -0.3 is 14.9 Å². The summed E-state index contributed by atoms with van der Waals surface area (Å²) < 4.78 is 5.64. The molecule has 2 N–H and O–H groups in total. The number of fused-ring (bicyclic) bond motifs is 3. The zero-order valence-corrected chi connectivity index (χ0v) is 9.81. The fourth-order valence-electron chi connectivity index (χ4n) is 2.87. The molecule has 2 atom stereocenters. The van der Waals surface area contributed by atoms with Crippen LogP contribution in [-0.2, 0) is 0 Å². The third-order valence-electron chi connectivity index (χ3n) is 3.77. The van der Waals surface area contributed by atoms with Crippen molar-refractivity contribution in [3.8, 4) is 17.2 Å². The standard InChI is InChI=1S/C14H16O3/c1-8-2-3-9-7-17-13-6-10(15)5-12(16)14(13)11(9)4-8/h4-6,9,11,15-16H,2-3,7H2,1H3/t9-,11+/m0/s1. The summed E-state index contributed by atoms with van der Waals surface area (Å²) in [5.41, 5.74) is 2.20. The van der Waals surface area contributed by atoms with Crippen molar-refractivity contribution in [3.05, 3.63) is 29.3 Å². The lowest BCUT2D eigenvalue weighted by Gasteiger charge is -2.35. The summed E-state index contributed by atoms with van der Waals surface area (Å²) in [6.45, 7) is 2.80. The normalized spacial score (nSPS) is 26.5. The molecule has 0 amide bonds. The molecule has 0 saturated heterocycles. The number of phenols is 2. The maximum absolute atomic E-state index is 9.99. The van der Waals surface area contributed by atoms with Crippen LogP contribution in [0.15, 0.2) is 23.8 Å². The van der Waals surface area contributed by atoms with Crippen molar-refractivity contribution in [2.45, 2.75) is 25.7 Å². The summed E-state index contributed by atoms with van der Waals surface area (Å²) in [4.78, 5) is 0. The van der Waals surface area contributed by atoms with E-state index >= 15 is 0 Å². The molecule has 1 heterocycles. The fraction of sp³-hybridized carbons (Fsp3) is 0.429. The maximum atomic E-state index is 9.99. The Morgan fingerprint density at radius 2 is 2.12 bits per heavy atom. The van der Waals surface area contributed by atoms with Gasteiger partial charge in [-0.1, -0.05) is 11.6 Å². The van der Waals surface area contributed by atoms with Crippen LogP contribution in [0.25, 0.3) is 0 Å². The van der Waals surface area contributed by atoms with E-state index in [1.54, 1.807) is 6.07 Å². The summed E-state index contributed by atoms with van der Waals surface area (Å²) in [5.74, 6) is 1.49. The summed E-state index contributed by atoms with van der Waals surface area (Å²) >= 11 is 0. The first-order valence-corrected chi connectivity index (χ1v) is 6.01. The monoisotopic (exact) mass is 232 g/mol. The lowest BCUT2D eigenvalue weighted by atomic mass is 9.76. The van der Waals surface area contributed by atoms with E-state index in [4.69, 9.17) is 4.74 Å². The van der Waals surface area contributed by atoms with E-state index in [2.05, 4.69) is 13.0 Å². The average Bonchev–Trinajstić information content (AvgIpc) is 2.27. The van der Waals surface area contributed by atoms with Gasteiger partial charge in [0.05, 0.1) is 6.61 Å². The average molecular weight is 232 g/mol. The first kappa shape index (κ1) is 10.5. The Balaban J connectivity index is 2.13. The van der Waals surface area contributed by atoms with Crippen molar-refractivity contribution >= 4 is 0 Å². The van der Waals surface area contributed by atoms with Crippen molar-refractivity contribution < 1.29 is 14.9 Å². The van der Waals surface area contributed by atoms with Gasteiger partial charge in [0.2, 0.25) is 0 Å². The molecule has 0 radical (unpaired) electrons. The van der Waals surface area contributed by atoms with E-state index in [0.29, 0.717) is 18.3 Å². The van der Waals surface area contributed by atoms with Crippen LogP contribution in [0.4, 0.5) is 0 Å². The molecule has 90 valence electrons. The van der Waals surface area contributed by atoms with Crippen LogP contribution in [-0.4, -0.2) is 16.8 Å². The molecule has 1 aliphatic heterocycles. The Morgan fingerprint density at radius 3 is 2.94 bits per heavy atom. The first-order chi connectivity index (χ1) is 8.15. The highest BCUT2D eigenvalue weighted by molar-refractivity contribution is 5.54. The molecule has 1 aliphatic carbocycles. The van der Waals surface area contributed by atoms with Crippen molar-refractivity contribution in [2.75, 3.05) is 6.61 Å². The van der Waals surface area contributed by atoms with Crippen molar-refractivity contribution in [1.82, 2.24) is 0 Å². The van der Waals surface area contributed by atoms with E-state index in [9.17, 15) is 10.2 Å². The first-order valence-electron chi connectivity index (χ1n) is 6.01. The molecular weight excluding hydrogens is 216 g/mol. The lowest BCUT2D eigenvalue weighted by Crippen LogP contribution is -2.27. The van der Waals surface area contributed by atoms with E-state index < -0.39 is 0 Å². The van der Waals surface area contributed by atoms with Gasteiger partial charge in [0.1, 0.15) is 17.2 Å².